The fraction of sp³-hybridized carbons (Fsp3) is 0.286. The van der Waals surface area contributed by atoms with E-state index in [0.29, 0.717) is 15.9 Å². The van der Waals surface area contributed by atoms with Gasteiger partial charge in [0.25, 0.3) is 0 Å². The zero-order valence-corrected chi connectivity index (χ0v) is 17.8. The lowest BCUT2D eigenvalue weighted by Gasteiger charge is -2.33. The molecule has 0 radical (unpaired) electrons. The van der Waals surface area contributed by atoms with Gasteiger partial charge in [-0.05, 0) is 37.1 Å². The van der Waals surface area contributed by atoms with Crippen LogP contribution in [-0.2, 0) is 11.2 Å². The van der Waals surface area contributed by atoms with Crippen molar-refractivity contribution in [3.63, 3.8) is 0 Å². The van der Waals surface area contributed by atoms with Crippen molar-refractivity contribution in [2.24, 2.45) is 0 Å². The Morgan fingerprint density at radius 2 is 2.03 bits per heavy atom. The third-order valence-electron chi connectivity index (χ3n) is 4.76. The van der Waals surface area contributed by atoms with E-state index in [0.717, 1.165) is 24.2 Å². The lowest BCUT2D eigenvalue weighted by Crippen LogP contribution is -2.41. The molecule has 1 amide bonds. The van der Waals surface area contributed by atoms with Gasteiger partial charge in [0.15, 0.2) is 5.82 Å². The van der Waals surface area contributed by atoms with Crippen molar-refractivity contribution < 1.29 is 4.79 Å². The normalized spacial score (nSPS) is 18.0. The minimum atomic E-state index is -0.414. The number of thioether (sulfide) groups is 1. The molecule has 1 aliphatic rings. The number of carbonyl (C=O) groups excluding carboxylic acids is 1. The first kappa shape index (κ1) is 19.8. The van der Waals surface area contributed by atoms with E-state index < -0.39 is 5.25 Å². The van der Waals surface area contributed by atoms with Crippen molar-refractivity contribution in [2.75, 3.05) is 10.7 Å². The zero-order valence-electron chi connectivity index (χ0n) is 16.2. The summed E-state index contributed by atoms with van der Waals surface area (Å²) in [7, 11) is 0. The number of halogens is 1. The molecule has 2 aromatic carbocycles. The first-order chi connectivity index (χ1) is 14.0. The highest BCUT2D eigenvalue weighted by molar-refractivity contribution is 8.00. The summed E-state index contributed by atoms with van der Waals surface area (Å²) in [5.74, 6) is 0.766. The number of rotatable bonds is 5. The Balaban J connectivity index is 1.66. The van der Waals surface area contributed by atoms with Gasteiger partial charge in [-0.15, -0.1) is 10.2 Å². The van der Waals surface area contributed by atoms with E-state index in [9.17, 15) is 4.79 Å². The van der Waals surface area contributed by atoms with Gasteiger partial charge in [-0.3, -0.25) is 4.79 Å². The fourth-order valence-corrected chi connectivity index (χ4v) is 4.58. The first-order valence-electron chi connectivity index (χ1n) is 9.55. The summed E-state index contributed by atoms with van der Waals surface area (Å²) in [5, 5.41) is 12.4. The second-order valence-electron chi connectivity index (χ2n) is 7.04. The summed E-state index contributed by atoms with van der Waals surface area (Å²) in [6.07, 6.45) is 1.79. The topological polar surface area (TPSA) is 71.8 Å². The SMILES string of the molecule is CCCc1nnc2n1N[C@@H](c1ccc(C)cc1)[C@@H](C(=O)Nc1cccc(Cl)c1)S2. The van der Waals surface area contributed by atoms with E-state index >= 15 is 0 Å². The number of nitrogens with one attached hydrogen (secondary N) is 2. The van der Waals surface area contributed by atoms with Crippen molar-refractivity contribution in [2.45, 2.75) is 43.1 Å². The van der Waals surface area contributed by atoms with Crippen LogP contribution in [0.5, 0.6) is 0 Å². The van der Waals surface area contributed by atoms with Crippen LogP contribution in [0.15, 0.2) is 53.7 Å². The Kier molecular flexibility index (Phi) is 5.78. The molecule has 1 aromatic heterocycles. The molecular formula is C21H22ClN5OS. The molecule has 2 N–H and O–H groups in total. The zero-order chi connectivity index (χ0) is 20.4. The third-order valence-corrected chi connectivity index (χ3v) is 6.21. The molecule has 29 heavy (non-hydrogen) atoms. The predicted octanol–water partition coefficient (Wildman–Crippen LogP) is 4.59. The number of hydrogen-bond donors (Lipinski definition) is 2. The Morgan fingerprint density at radius 1 is 1.24 bits per heavy atom. The Hall–Kier alpha value is -2.51. The van der Waals surface area contributed by atoms with Crippen molar-refractivity contribution in [1.82, 2.24) is 14.9 Å². The van der Waals surface area contributed by atoms with Crippen LogP contribution < -0.4 is 10.7 Å². The fourth-order valence-electron chi connectivity index (χ4n) is 3.29. The Bertz CT molecular complexity index is 1020. The van der Waals surface area contributed by atoms with Crippen LogP contribution in [0.25, 0.3) is 0 Å². The van der Waals surface area contributed by atoms with Gasteiger partial charge in [0.05, 0.1) is 6.04 Å². The molecule has 0 fully saturated rings. The summed E-state index contributed by atoms with van der Waals surface area (Å²) in [4.78, 5) is 13.2. The lowest BCUT2D eigenvalue weighted by molar-refractivity contribution is -0.116. The van der Waals surface area contributed by atoms with E-state index in [-0.39, 0.29) is 11.9 Å². The molecule has 0 saturated carbocycles. The molecule has 1 aliphatic heterocycles. The monoisotopic (exact) mass is 427 g/mol. The summed E-state index contributed by atoms with van der Waals surface area (Å²) in [6, 6.07) is 15.2. The lowest BCUT2D eigenvalue weighted by atomic mass is 10.0. The van der Waals surface area contributed by atoms with Crippen LogP contribution in [0.2, 0.25) is 5.02 Å². The molecule has 0 bridgehead atoms. The summed E-state index contributed by atoms with van der Waals surface area (Å²) in [5.41, 5.74) is 6.36. The number of carbonyl (C=O) groups is 1. The van der Waals surface area contributed by atoms with Crippen LogP contribution in [0.1, 0.15) is 36.3 Å². The molecule has 4 rings (SSSR count). The minimum Gasteiger partial charge on any atom is -0.325 e. The predicted molar refractivity (Wildman–Crippen MR) is 117 cm³/mol. The number of aryl methyl sites for hydroxylation is 2. The first-order valence-corrected chi connectivity index (χ1v) is 10.8. The smallest absolute Gasteiger partial charge is 0.240 e. The molecule has 2 heterocycles. The maximum atomic E-state index is 13.2. The number of aromatic nitrogens is 3. The maximum Gasteiger partial charge on any atom is 0.240 e. The van der Waals surface area contributed by atoms with Crippen LogP contribution in [0, 0.1) is 6.92 Å². The second kappa shape index (κ2) is 8.47. The van der Waals surface area contributed by atoms with Gasteiger partial charge in [0.2, 0.25) is 11.1 Å². The number of hydrogen-bond acceptors (Lipinski definition) is 5. The quantitative estimate of drug-likeness (QED) is 0.623. The highest BCUT2D eigenvalue weighted by Crippen LogP contribution is 2.37. The minimum absolute atomic E-state index is 0.110. The highest BCUT2D eigenvalue weighted by Gasteiger charge is 2.37. The van der Waals surface area contributed by atoms with Gasteiger partial charge in [-0.25, -0.2) is 4.68 Å². The van der Waals surface area contributed by atoms with E-state index in [4.69, 9.17) is 11.6 Å². The van der Waals surface area contributed by atoms with Gasteiger partial charge in [-0.1, -0.05) is 66.2 Å². The van der Waals surface area contributed by atoms with Crippen LogP contribution in [-0.4, -0.2) is 26.0 Å². The van der Waals surface area contributed by atoms with E-state index in [2.05, 4.69) is 52.1 Å². The molecule has 2 atom stereocenters. The summed E-state index contributed by atoms with van der Waals surface area (Å²) >= 11 is 7.49. The number of anilines is 1. The Labute approximate surface area is 179 Å². The molecule has 6 nitrogen and oxygen atoms in total. The van der Waals surface area contributed by atoms with Gasteiger partial charge in [0, 0.05) is 17.1 Å². The second-order valence-corrected chi connectivity index (χ2v) is 8.58. The van der Waals surface area contributed by atoms with Crippen molar-refractivity contribution in [3.05, 3.63) is 70.5 Å². The molecule has 0 spiro atoms. The molecule has 150 valence electrons. The number of amides is 1. The molecule has 8 heteroatoms. The molecule has 0 unspecified atom stereocenters. The van der Waals surface area contributed by atoms with Crippen LogP contribution in [0.4, 0.5) is 5.69 Å². The standard InChI is InChI=1S/C21H22ClN5OS/c1-3-5-17-24-25-21-27(17)26-18(14-10-8-13(2)9-11-14)19(29-21)20(28)23-16-7-4-6-15(22)12-16/h4,6-12,18-19,26H,3,5H2,1-2H3,(H,23,28)/t18-,19-/m0/s1. The van der Waals surface area contributed by atoms with Gasteiger partial charge >= 0.3 is 0 Å². The van der Waals surface area contributed by atoms with Gasteiger partial charge < -0.3 is 10.7 Å². The maximum absolute atomic E-state index is 13.2. The molecule has 3 aromatic rings. The number of benzene rings is 2. The number of fused-ring (bicyclic) bond motifs is 1. The summed E-state index contributed by atoms with van der Waals surface area (Å²) < 4.78 is 1.92. The average molecular weight is 428 g/mol. The molecular weight excluding hydrogens is 406 g/mol. The molecule has 0 saturated heterocycles. The van der Waals surface area contributed by atoms with Crippen molar-refractivity contribution in [3.8, 4) is 0 Å². The third kappa shape index (κ3) is 4.26. The van der Waals surface area contributed by atoms with E-state index in [1.165, 1.54) is 17.3 Å². The van der Waals surface area contributed by atoms with Gasteiger partial charge in [-0.2, -0.15) is 0 Å². The summed E-state index contributed by atoms with van der Waals surface area (Å²) in [6.45, 7) is 4.16. The van der Waals surface area contributed by atoms with Crippen LogP contribution in [0.3, 0.4) is 0 Å². The van der Waals surface area contributed by atoms with Gasteiger partial charge in [0.1, 0.15) is 5.25 Å². The van der Waals surface area contributed by atoms with E-state index in [1.54, 1.807) is 12.1 Å². The Morgan fingerprint density at radius 3 is 2.76 bits per heavy atom. The number of nitrogens with zero attached hydrogens (tertiary/aromatic N) is 3. The average Bonchev–Trinajstić information content (AvgIpc) is 3.10. The largest absolute Gasteiger partial charge is 0.325 e. The van der Waals surface area contributed by atoms with Crippen molar-refractivity contribution in [1.29, 1.82) is 0 Å². The van der Waals surface area contributed by atoms with E-state index in [1.807, 2.05) is 23.7 Å². The highest BCUT2D eigenvalue weighted by atomic mass is 35.5. The van der Waals surface area contributed by atoms with Crippen LogP contribution >= 0.6 is 23.4 Å². The molecule has 0 aliphatic carbocycles. The van der Waals surface area contributed by atoms with Crippen molar-refractivity contribution >= 4 is 35.0 Å².